The first-order chi connectivity index (χ1) is 17.0. The van der Waals surface area contributed by atoms with Gasteiger partial charge < -0.3 is 29.6 Å². The fourth-order valence-electron chi connectivity index (χ4n) is 3.86. The molecular formula is C28H62N2O4S2. The molecule has 0 fully saturated rings. The van der Waals surface area contributed by atoms with Crippen molar-refractivity contribution in [1.82, 2.24) is 10.6 Å². The molecule has 0 rings (SSSR count). The number of nitrogens with one attached hydrogen (secondary N) is 2. The van der Waals surface area contributed by atoms with E-state index in [9.17, 15) is 0 Å². The lowest BCUT2D eigenvalue weighted by Crippen LogP contribution is -2.36. The average molecular weight is 555 g/mol. The van der Waals surface area contributed by atoms with Gasteiger partial charge in [-0.15, -0.1) is 0 Å². The Morgan fingerprint density at radius 1 is 0.556 bits per heavy atom. The fourth-order valence-corrected chi connectivity index (χ4v) is 6.05. The molecule has 0 aliphatic heterocycles. The fraction of sp³-hybridized carbons (Fsp3) is 1.00. The molecule has 0 unspecified atom stereocenters. The molecule has 0 aliphatic rings. The quantitative estimate of drug-likeness (QED) is 0.175. The number of ether oxygens (including phenoxy) is 4. The van der Waals surface area contributed by atoms with Crippen LogP contribution in [0, 0.1) is 22.7 Å². The van der Waals surface area contributed by atoms with Crippen LogP contribution in [0.3, 0.4) is 0 Å². The molecular weight excluding hydrogens is 492 g/mol. The van der Waals surface area contributed by atoms with E-state index in [1.165, 1.54) is 24.3 Å². The Morgan fingerprint density at radius 2 is 0.917 bits per heavy atom. The minimum atomic E-state index is 0.372. The van der Waals surface area contributed by atoms with Gasteiger partial charge in [-0.25, -0.2) is 0 Å². The summed E-state index contributed by atoms with van der Waals surface area (Å²) >= 11 is 4.04. The standard InChI is InChI=1S/C14H32N2O2.C14H30O2S2/c1-14(2,3)10-13(11-15-6-8-17-4)12-16-7-9-18-5;1-14(2,3)10-13(11-17-8-6-15-4)12-18-9-7-16-5/h13,15-16H,6-12H2,1-5H3;13H,6-12H2,1-5H3. The number of methoxy groups -OCH3 is 4. The van der Waals surface area contributed by atoms with Crippen molar-refractivity contribution in [3.05, 3.63) is 0 Å². The molecule has 6 nitrogen and oxygen atoms in total. The summed E-state index contributed by atoms with van der Waals surface area (Å²) in [5.41, 5.74) is 0.796. The number of hydrogen-bond donors (Lipinski definition) is 2. The smallest absolute Gasteiger partial charge is 0.0587 e. The topological polar surface area (TPSA) is 61.0 Å². The first-order valence-electron chi connectivity index (χ1n) is 13.5. The highest BCUT2D eigenvalue weighted by atomic mass is 32.2. The van der Waals surface area contributed by atoms with E-state index < -0.39 is 0 Å². The van der Waals surface area contributed by atoms with Crippen molar-refractivity contribution in [2.24, 2.45) is 22.7 Å². The molecule has 0 atom stereocenters. The maximum atomic E-state index is 5.10. The van der Waals surface area contributed by atoms with Gasteiger partial charge in [-0.05, 0) is 60.1 Å². The molecule has 8 heteroatoms. The molecule has 36 heavy (non-hydrogen) atoms. The van der Waals surface area contributed by atoms with Crippen LogP contribution in [0.2, 0.25) is 0 Å². The van der Waals surface area contributed by atoms with Crippen LogP contribution in [-0.2, 0) is 18.9 Å². The van der Waals surface area contributed by atoms with Crippen LogP contribution in [0.5, 0.6) is 0 Å². The maximum absolute atomic E-state index is 5.10. The summed E-state index contributed by atoms with van der Waals surface area (Å²) < 4.78 is 20.3. The Balaban J connectivity index is 0. The van der Waals surface area contributed by atoms with Gasteiger partial charge in [0.15, 0.2) is 0 Å². The second kappa shape index (κ2) is 25.7. The van der Waals surface area contributed by atoms with E-state index in [-0.39, 0.29) is 0 Å². The van der Waals surface area contributed by atoms with E-state index in [0.29, 0.717) is 16.7 Å². The predicted octanol–water partition coefficient (Wildman–Crippen LogP) is 5.31. The third kappa shape index (κ3) is 32.5. The number of hydrogen-bond acceptors (Lipinski definition) is 8. The minimum absolute atomic E-state index is 0.372. The van der Waals surface area contributed by atoms with Gasteiger partial charge in [-0.3, -0.25) is 0 Å². The zero-order valence-corrected chi connectivity index (χ0v) is 27.1. The molecule has 0 heterocycles. The van der Waals surface area contributed by atoms with E-state index in [4.69, 9.17) is 18.9 Å². The van der Waals surface area contributed by atoms with Crippen LogP contribution in [0.1, 0.15) is 54.4 Å². The summed E-state index contributed by atoms with van der Waals surface area (Å²) in [4.78, 5) is 0. The molecule has 0 bridgehead atoms. The Hall–Kier alpha value is 0.460. The van der Waals surface area contributed by atoms with E-state index in [1.54, 1.807) is 28.4 Å². The van der Waals surface area contributed by atoms with Crippen molar-refractivity contribution >= 4 is 23.5 Å². The van der Waals surface area contributed by atoms with E-state index in [0.717, 1.165) is 70.0 Å². The molecule has 220 valence electrons. The van der Waals surface area contributed by atoms with Crippen LogP contribution < -0.4 is 10.6 Å². The molecule has 0 aromatic rings. The second-order valence-electron chi connectivity index (χ2n) is 11.8. The van der Waals surface area contributed by atoms with Gasteiger partial charge in [0.25, 0.3) is 0 Å². The van der Waals surface area contributed by atoms with E-state index in [1.807, 2.05) is 23.5 Å². The molecule has 0 aromatic carbocycles. The number of thioether (sulfide) groups is 2. The normalized spacial score (nSPS) is 12.3. The summed E-state index contributed by atoms with van der Waals surface area (Å²) in [5, 5.41) is 6.91. The third-order valence-electron chi connectivity index (χ3n) is 5.20. The highest BCUT2D eigenvalue weighted by Gasteiger charge is 2.19. The van der Waals surface area contributed by atoms with Gasteiger partial charge in [-0.1, -0.05) is 41.5 Å². The lowest BCUT2D eigenvalue weighted by atomic mass is 9.84. The SMILES string of the molecule is COCCNCC(CNCCOC)CC(C)(C)C.COCCSCC(CSCCOC)CC(C)(C)C. The highest BCUT2D eigenvalue weighted by Crippen LogP contribution is 2.29. The first-order valence-corrected chi connectivity index (χ1v) is 15.8. The van der Waals surface area contributed by atoms with Gasteiger partial charge in [0, 0.05) is 53.0 Å². The molecule has 0 saturated heterocycles. The van der Waals surface area contributed by atoms with Crippen LogP contribution in [0.4, 0.5) is 0 Å². The lowest BCUT2D eigenvalue weighted by Gasteiger charge is -2.26. The molecule has 0 saturated carbocycles. The van der Waals surface area contributed by atoms with Crippen LogP contribution in [-0.4, -0.2) is 104 Å². The molecule has 0 aromatic heterocycles. The van der Waals surface area contributed by atoms with Gasteiger partial charge in [0.2, 0.25) is 0 Å². The Labute approximate surface area is 233 Å². The Bertz CT molecular complexity index is 382. The maximum Gasteiger partial charge on any atom is 0.0587 e. The summed E-state index contributed by atoms with van der Waals surface area (Å²) in [6, 6.07) is 0. The summed E-state index contributed by atoms with van der Waals surface area (Å²) in [6.07, 6.45) is 2.51. The highest BCUT2D eigenvalue weighted by molar-refractivity contribution is 8.00. The van der Waals surface area contributed by atoms with E-state index in [2.05, 4.69) is 52.2 Å². The largest absolute Gasteiger partial charge is 0.384 e. The van der Waals surface area contributed by atoms with Crippen molar-refractivity contribution in [2.75, 3.05) is 104 Å². The lowest BCUT2D eigenvalue weighted by molar-refractivity contribution is 0.189. The molecule has 0 radical (unpaired) electrons. The van der Waals surface area contributed by atoms with Gasteiger partial charge in [0.1, 0.15) is 0 Å². The molecule has 0 aliphatic carbocycles. The Kier molecular flexibility index (Phi) is 27.6. The predicted molar refractivity (Wildman–Crippen MR) is 163 cm³/mol. The number of rotatable bonds is 22. The summed E-state index contributed by atoms with van der Waals surface area (Å²) in [6.45, 7) is 21.1. The van der Waals surface area contributed by atoms with Gasteiger partial charge in [0.05, 0.1) is 26.4 Å². The van der Waals surface area contributed by atoms with Gasteiger partial charge >= 0.3 is 0 Å². The minimum Gasteiger partial charge on any atom is -0.384 e. The van der Waals surface area contributed by atoms with Crippen LogP contribution in [0.25, 0.3) is 0 Å². The van der Waals surface area contributed by atoms with Crippen LogP contribution >= 0.6 is 23.5 Å². The van der Waals surface area contributed by atoms with Gasteiger partial charge in [-0.2, -0.15) is 23.5 Å². The van der Waals surface area contributed by atoms with Crippen molar-refractivity contribution in [2.45, 2.75) is 54.4 Å². The average Bonchev–Trinajstić information content (AvgIpc) is 2.78. The molecule has 0 spiro atoms. The summed E-state index contributed by atoms with van der Waals surface area (Å²) in [7, 11) is 7.02. The van der Waals surface area contributed by atoms with Crippen molar-refractivity contribution in [3.8, 4) is 0 Å². The Morgan fingerprint density at radius 3 is 1.25 bits per heavy atom. The summed E-state index contributed by atoms with van der Waals surface area (Å²) in [5.74, 6) is 6.17. The molecule has 0 amide bonds. The zero-order valence-electron chi connectivity index (χ0n) is 25.5. The second-order valence-corrected chi connectivity index (χ2v) is 14.1. The van der Waals surface area contributed by atoms with Crippen molar-refractivity contribution < 1.29 is 18.9 Å². The van der Waals surface area contributed by atoms with Crippen molar-refractivity contribution in [1.29, 1.82) is 0 Å². The molecule has 2 N–H and O–H groups in total. The van der Waals surface area contributed by atoms with Crippen molar-refractivity contribution in [3.63, 3.8) is 0 Å². The first kappa shape index (κ1) is 38.6. The third-order valence-corrected chi connectivity index (χ3v) is 7.53. The monoisotopic (exact) mass is 554 g/mol. The van der Waals surface area contributed by atoms with Crippen LogP contribution in [0.15, 0.2) is 0 Å². The van der Waals surface area contributed by atoms with E-state index >= 15 is 0 Å². The zero-order chi connectivity index (χ0) is 27.7.